The molecule has 0 aliphatic carbocycles. The van der Waals surface area contributed by atoms with Gasteiger partial charge in [0.15, 0.2) is 0 Å². The fraction of sp³-hybridized carbons (Fsp3) is 0. The van der Waals surface area contributed by atoms with Crippen LogP contribution >= 0.6 is 0 Å². The van der Waals surface area contributed by atoms with Crippen LogP contribution in [0.5, 0.6) is 0 Å². The van der Waals surface area contributed by atoms with Crippen LogP contribution in [0.1, 0.15) is 0 Å². The van der Waals surface area contributed by atoms with E-state index in [9.17, 15) is 8.78 Å². The summed E-state index contributed by atoms with van der Waals surface area (Å²) in [6.07, 6.45) is 0. The Kier molecular flexibility index (Phi) is 4.55. The van der Waals surface area contributed by atoms with E-state index in [2.05, 4.69) is 54.6 Å². The van der Waals surface area contributed by atoms with Crippen molar-refractivity contribution in [3.05, 3.63) is 127 Å². The number of para-hydroxylation sites is 1. The fourth-order valence-electron chi connectivity index (χ4n) is 4.73. The molecule has 0 aliphatic rings. The Bertz CT molecular complexity index is 1590. The Morgan fingerprint density at radius 3 is 1.42 bits per heavy atom. The van der Waals surface area contributed by atoms with E-state index in [1.54, 1.807) is 0 Å². The smallest absolute Gasteiger partial charge is 0.128 e. The molecule has 0 saturated heterocycles. The standard InChI is InChI=1S/C30H19F2N/c31-20-16-21(32)18-24(17-20)33(22-8-2-1-3-9-22)23-14-15-29-27-12-5-4-10-25(27)26-11-6-7-13-28(26)30(29)19-23/h1-19H. The number of anilines is 3. The lowest BCUT2D eigenvalue weighted by atomic mass is 9.94. The van der Waals surface area contributed by atoms with Gasteiger partial charge in [-0.1, -0.05) is 72.8 Å². The van der Waals surface area contributed by atoms with Gasteiger partial charge in [-0.2, -0.15) is 0 Å². The maximum absolute atomic E-state index is 14.2. The average Bonchev–Trinajstić information content (AvgIpc) is 2.84. The van der Waals surface area contributed by atoms with Crippen molar-refractivity contribution in [3.8, 4) is 0 Å². The van der Waals surface area contributed by atoms with E-state index in [-0.39, 0.29) is 0 Å². The lowest BCUT2D eigenvalue weighted by Crippen LogP contribution is -2.10. The summed E-state index contributed by atoms with van der Waals surface area (Å²) in [5.74, 6) is -1.22. The summed E-state index contributed by atoms with van der Waals surface area (Å²) in [5, 5.41) is 6.96. The predicted octanol–water partition coefficient (Wildman–Crippen LogP) is 8.89. The second kappa shape index (κ2) is 7.72. The maximum atomic E-state index is 14.2. The third kappa shape index (κ3) is 3.30. The Morgan fingerprint density at radius 1 is 0.364 bits per heavy atom. The SMILES string of the molecule is Fc1cc(F)cc(N(c2ccccc2)c2ccc3c4ccccc4c4ccccc4c3c2)c1. The summed E-state index contributed by atoms with van der Waals surface area (Å²) in [7, 11) is 0. The Labute approximate surface area is 190 Å². The highest BCUT2D eigenvalue weighted by molar-refractivity contribution is 6.25. The van der Waals surface area contributed by atoms with Crippen LogP contribution in [0.4, 0.5) is 25.8 Å². The first-order valence-corrected chi connectivity index (χ1v) is 10.8. The zero-order chi connectivity index (χ0) is 22.4. The second-order valence-electron chi connectivity index (χ2n) is 8.12. The second-order valence-corrected chi connectivity index (χ2v) is 8.12. The summed E-state index contributed by atoms with van der Waals surface area (Å²) < 4.78 is 28.4. The highest BCUT2D eigenvalue weighted by Gasteiger charge is 2.16. The Balaban J connectivity index is 1.68. The van der Waals surface area contributed by atoms with Crippen molar-refractivity contribution in [2.75, 3.05) is 4.90 Å². The number of hydrogen-bond donors (Lipinski definition) is 0. The average molecular weight is 431 g/mol. The van der Waals surface area contributed by atoms with E-state index in [1.807, 2.05) is 47.4 Å². The molecule has 0 fully saturated rings. The molecular weight excluding hydrogens is 412 g/mol. The van der Waals surface area contributed by atoms with Crippen LogP contribution in [0.25, 0.3) is 32.3 Å². The van der Waals surface area contributed by atoms with Crippen molar-refractivity contribution in [1.82, 2.24) is 0 Å². The Morgan fingerprint density at radius 2 is 0.848 bits per heavy atom. The predicted molar refractivity (Wildman–Crippen MR) is 134 cm³/mol. The van der Waals surface area contributed by atoms with Crippen molar-refractivity contribution in [3.63, 3.8) is 0 Å². The third-order valence-electron chi connectivity index (χ3n) is 6.11. The molecule has 6 aromatic rings. The van der Waals surface area contributed by atoms with Gasteiger partial charge in [0.2, 0.25) is 0 Å². The first-order valence-electron chi connectivity index (χ1n) is 10.8. The summed E-state index contributed by atoms with van der Waals surface area (Å²) in [4.78, 5) is 1.88. The normalized spacial score (nSPS) is 11.3. The van der Waals surface area contributed by atoms with Crippen LogP contribution < -0.4 is 4.90 Å². The van der Waals surface area contributed by atoms with E-state index in [1.165, 1.54) is 28.3 Å². The number of benzene rings is 6. The molecule has 0 atom stereocenters. The lowest BCUT2D eigenvalue weighted by Gasteiger charge is -2.26. The molecule has 1 nitrogen and oxygen atoms in total. The van der Waals surface area contributed by atoms with Crippen molar-refractivity contribution in [1.29, 1.82) is 0 Å². The van der Waals surface area contributed by atoms with Gasteiger partial charge >= 0.3 is 0 Å². The molecule has 158 valence electrons. The molecule has 0 aliphatic heterocycles. The number of halogens is 2. The fourth-order valence-corrected chi connectivity index (χ4v) is 4.73. The van der Waals surface area contributed by atoms with Gasteiger partial charge in [0.1, 0.15) is 11.6 Å². The lowest BCUT2D eigenvalue weighted by molar-refractivity contribution is 0.584. The van der Waals surface area contributed by atoms with Crippen molar-refractivity contribution in [2.24, 2.45) is 0 Å². The quantitative estimate of drug-likeness (QED) is 0.253. The van der Waals surface area contributed by atoms with E-state index in [4.69, 9.17) is 0 Å². The highest BCUT2D eigenvalue weighted by atomic mass is 19.1. The summed E-state index contributed by atoms with van der Waals surface area (Å²) >= 11 is 0. The molecule has 0 spiro atoms. The highest BCUT2D eigenvalue weighted by Crippen LogP contribution is 2.40. The van der Waals surface area contributed by atoms with Gasteiger partial charge in [0, 0.05) is 17.4 Å². The van der Waals surface area contributed by atoms with Crippen LogP contribution in [0.3, 0.4) is 0 Å². The number of fused-ring (bicyclic) bond motifs is 6. The third-order valence-corrected chi connectivity index (χ3v) is 6.11. The van der Waals surface area contributed by atoms with Gasteiger partial charge in [-0.05, 0) is 68.7 Å². The number of hydrogen-bond acceptors (Lipinski definition) is 1. The van der Waals surface area contributed by atoms with Crippen LogP contribution in [-0.4, -0.2) is 0 Å². The van der Waals surface area contributed by atoms with Crippen molar-refractivity contribution < 1.29 is 8.78 Å². The van der Waals surface area contributed by atoms with Crippen LogP contribution in [0, 0.1) is 11.6 Å². The molecule has 6 aromatic carbocycles. The van der Waals surface area contributed by atoms with E-state index in [0.29, 0.717) is 5.69 Å². The maximum Gasteiger partial charge on any atom is 0.128 e. The Hall–Kier alpha value is -4.24. The van der Waals surface area contributed by atoms with Crippen LogP contribution in [-0.2, 0) is 0 Å². The number of rotatable bonds is 3. The summed E-state index contributed by atoms with van der Waals surface area (Å²) in [6, 6.07) is 36.2. The minimum atomic E-state index is -0.608. The topological polar surface area (TPSA) is 3.24 Å². The first kappa shape index (κ1) is 19.4. The van der Waals surface area contributed by atoms with E-state index < -0.39 is 11.6 Å². The van der Waals surface area contributed by atoms with Gasteiger partial charge in [0.25, 0.3) is 0 Å². The van der Waals surface area contributed by atoms with Gasteiger partial charge in [-0.15, -0.1) is 0 Å². The summed E-state index contributed by atoms with van der Waals surface area (Å²) in [6.45, 7) is 0. The molecule has 0 amide bonds. The molecule has 0 N–H and O–H groups in total. The molecule has 3 heteroatoms. The van der Waals surface area contributed by atoms with Crippen molar-refractivity contribution in [2.45, 2.75) is 0 Å². The zero-order valence-electron chi connectivity index (χ0n) is 17.7. The minimum Gasteiger partial charge on any atom is -0.310 e. The first-order chi connectivity index (χ1) is 16.2. The monoisotopic (exact) mass is 431 g/mol. The molecule has 0 radical (unpaired) electrons. The van der Waals surface area contributed by atoms with Gasteiger partial charge < -0.3 is 4.90 Å². The number of nitrogens with zero attached hydrogens (tertiary/aromatic N) is 1. The summed E-state index contributed by atoms with van der Waals surface area (Å²) in [5.41, 5.74) is 2.09. The van der Waals surface area contributed by atoms with Gasteiger partial charge in [-0.25, -0.2) is 8.78 Å². The van der Waals surface area contributed by atoms with E-state index in [0.717, 1.165) is 33.6 Å². The molecule has 6 rings (SSSR count). The molecular formula is C30H19F2N. The molecule has 0 unspecified atom stereocenters. The van der Waals surface area contributed by atoms with Crippen molar-refractivity contribution >= 4 is 49.4 Å². The zero-order valence-corrected chi connectivity index (χ0v) is 17.7. The molecule has 0 aromatic heterocycles. The van der Waals surface area contributed by atoms with E-state index >= 15 is 0 Å². The van der Waals surface area contributed by atoms with Gasteiger partial charge in [-0.3, -0.25) is 0 Å². The minimum absolute atomic E-state index is 0.433. The molecule has 0 bridgehead atoms. The molecule has 0 heterocycles. The molecule has 0 saturated carbocycles. The largest absolute Gasteiger partial charge is 0.310 e. The molecule has 33 heavy (non-hydrogen) atoms. The van der Waals surface area contributed by atoms with Crippen LogP contribution in [0.15, 0.2) is 115 Å². The van der Waals surface area contributed by atoms with Crippen LogP contribution in [0.2, 0.25) is 0 Å². The van der Waals surface area contributed by atoms with Gasteiger partial charge in [0.05, 0.1) is 5.69 Å².